The number of benzene rings is 2. The Hall–Kier alpha value is -2.85. The number of nitrogens with zero attached hydrogens (tertiary/aromatic N) is 1. The lowest BCUT2D eigenvalue weighted by Crippen LogP contribution is -2.32. The van der Waals surface area contributed by atoms with Gasteiger partial charge in [-0.05, 0) is 81.8 Å². The maximum absolute atomic E-state index is 13.8. The third-order valence-corrected chi connectivity index (χ3v) is 9.09. The van der Waals surface area contributed by atoms with Crippen molar-refractivity contribution >= 4 is 55.6 Å². The van der Waals surface area contributed by atoms with Crippen LogP contribution in [-0.2, 0) is 27.8 Å². The fourth-order valence-electron chi connectivity index (χ4n) is 4.19. The number of carbonyl (C=O) groups excluding carboxylic acids is 1. The van der Waals surface area contributed by atoms with Crippen LogP contribution in [-0.4, -0.2) is 27.5 Å². The molecule has 0 fully saturated rings. The molecule has 37 heavy (non-hydrogen) atoms. The van der Waals surface area contributed by atoms with Crippen LogP contribution in [0.1, 0.15) is 45.3 Å². The molecule has 0 aliphatic heterocycles. The number of hydrogen-bond acceptors (Lipinski definition) is 7. The van der Waals surface area contributed by atoms with Gasteiger partial charge in [0.1, 0.15) is 5.58 Å². The monoisotopic (exact) mass is 560 g/mol. The quantitative estimate of drug-likeness (QED) is 0.224. The van der Waals surface area contributed by atoms with Crippen LogP contribution in [0.15, 0.2) is 57.8 Å². The summed E-state index contributed by atoms with van der Waals surface area (Å²) in [5, 5.41) is 4.47. The number of carbonyl (C=O) groups is 1. The smallest absolute Gasteiger partial charge is 0.374 e. The number of aryl methyl sites for hydroxylation is 2. The van der Waals surface area contributed by atoms with E-state index in [0.717, 1.165) is 5.56 Å². The van der Waals surface area contributed by atoms with Gasteiger partial charge in [-0.25, -0.2) is 13.2 Å². The molecular weight excluding hydrogens is 532 g/mol. The van der Waals surface area contributed by atoms with Crippen molar-refractivity contribution < 1.29 is 22.4 Å². The number of halogens is 1. The Morgan fingerprint density at radius 3 is 2.54 bits per heavy atom. The molecule has 2 aromatic carbocycles. The molecule has 4 aromatic rings. The Kier molecular flexibility index (Phi) is 8.28. The number of sulfonamides is 1. The van der Waals surface area contributed by atoms with Gasteiger partial charge in [0.05, 0.1) is 17.2 Å². The Balaban J connectivity index is 1.66. The predicted molar refractivity (Wildman–Crippen MR) is 148 cm³/mol. The van der Waals surface area contributed by atoms with Gasteiger partial charge in [-0.3, -0.25) is 4.31 Å². The zero-order valence-electron chi connectivity index (χ0n) is 21.1. The summed E-state index contributed by atoms with van der Waals surface area (Å²) in [6.07, 6.45) is 0. The number of anilines is 1. The van der Waals surface area contributed by atoms with E-state index in [4.69, 9.17) is 20.8 Å². The van der Waals surface area contributed by atoms with E-state index < -0.39 is 16.0 Å². The topological polar surface area (TPSA) is 88.8 Å². The van der Waals surface area contributed by atoms with E-state index in [1.165, 1.54) is 20.1 Å². The van der Waals surface area contributed by atoms with Crippen LogP contribution in [0.25, 0.3) is 11.0 Å². The van der Waals surface area contributed by atoms with Crippen LogP contribution >= 0.6 is 22.9 Å². The minimum atomic E-state index is -3.94. The van der Waals surface area contributed by atoms with Gasteiger partial charge in [-0.15, -0.1) is 11.3 Å². The van der Waals surface area contributed by atoms with Gasteiger partial charge >= 0.3 is 5.97 Å². The molecule has 0 radical (unpaired) electrons. The van der Waals surface area contributed by atoms with Crippen molar-refractivity contribution in [2.75, 3.05) is 17.5 Å². The average molecular weight is 561 g/mol. The minimum absolute atomic E-state index is 0.0748. The molecule has 0 unspecified atom stereocenters. The normalized spacial score (nSPS) is 11.7. The maximum Gasteiger partial charge on any atom is 0.374 e. The summed E-state index contributed by atoms with van der Waals surface area (Å²) in [5.74, 6) is -0.502. The summed E-state index contributed by atoms with van der Waals surface area (Å²) in [7, 11) is -3.94. The molecule has 196 valence electrons. The minimum Gasteiger partial charge on any atom is -0.460 e. The summed E-state index contributed by atoms with van der Waals surface area (Å²) in [5.41, 5.74) is 2.28. The second-order valence-corrected chi connectivity index (χ2v) is 12.2. The molecule has 0 saturated heterocycles. The molecule has 7 nitrogen and oxygen atoms in total. The van der Waals surface area contributed by atoms with E-state index in [0.29, 0.717) is 40.3 Å². The number of thiophene rings is 1. The third-order valence-electron chi connectivity index (χ3n) is 5.96. The standard InChI is InChI=1S/C27H29ClN2O5S2/c1-5-30(24-11-8-20(28)13-19(24)15-29-16-21-9-7-17(3)36-21)37(32,33)22-10-12-25-23(14-22)18(4)26(35-25)27(31)34-6-2/h7-14,29H,5-6,15-16H2,1-4H3. The van der Waals surface area contributed by atoms with Gasteiger partial charge in [0, 0.05) is 45.4 Å². The summed E-state index contributed by atoms with van der Waals surface area (Å²) in [6.45, 7) is 8.83. The fraction of sp³-hybridized carbons (Fsp3) is 0.296. The van der Waals surface area contributed by atoms with Crippen molar-refractivity contribution in [1.82, 2.24) is 5.32 Å². The summed E-state index contributed by atoms with van der Waals surface area (Å²) >= 11 is 8.01. The zero-order valence-corrected chi connectivity index (χ0v) is 23.5. The molecule has 2 aromatic heterocycles. The zero-order chi connectivity index (χ0) is 26.7. The lowest BCUT2D eigenvalue weighted by atomic mass is 10.1. The maximum atomic E-state index is 13.8. The molecular formula is C27H29ClN2O5S2. The van der Waals surface area contributed by atoms with Crippen molar-refractivity contribution in [3.8, 4) is 0 Å². The SMILES string of the molecule is CCOC(=O)c1oc2ccc(S(=O)(=O)N(CC)c3ccc(Cl)cc3CNCc3ccc(C)s3)cc2c1C. The summed E-state index contributed by atoms with van der Waals surface area (Å²) < 4.78 is 39.8. The molecule has 1 N–H and O–H groups in total. The number of rotatable bonds is 10. The first-order valence-corrected chi connectivity index (χ1v) is 14.6. The highest BCUT2D eigenvalue weighted by molar-refractivity contribution is 7.92. The second-order valence-electron chi connectivity index (χ2n) is 8.49. The predicted octanol–water partition coefficient (Wildman–Crippen LogP) is 6.45. The van der Waals surface area contributed by atoms with E-state index in [-0.39, 0.29) is 23.8 Å². The second kappa shape index (κ2) is 11.3. The number of fused-ring (bicyclic) bond motifs is 1. The van der Waals surface area contributed by atoms with Crippen molar-refractivity contribution in [1.29, 1.82) is 0 Å². The van der Waals surface area contributed by atoms with Gasteiger partial charge in [0.2, 0.25) is 5.76 Å². The lowest BCUT2D eigenvalue weighted by molar-refractivity contribution is 0.0491. The van der Waals surface area contributed by atoms with E-state index in [1.54, 1.807) is 62.4 Å². The van der Waals surface area contributed by atoms with Crippen LogP contribution in [0.2, 0.25) is 5.02 Å². The van der Waals surface area contributed by atoms with Crippen molar-refractivity contribution in [3.63, 3.8) is 0 Å². The van der Waals surface area contributed by atoms with E-state index in [9.17, 15) is 13.2 Å². The van der Waals surface area contributed by atoms with Crippen LogP contribution in [0.5, 0.6) is 0 Å². The molecule has 0 bridgehead atoms. The van der Waals surface area contributed by atoms with Gasteiger partial charge in [-0.1, -0.05) is 11.6 Å². The molecule has 0 amide bonds. The van der Waals surface area contributed by atoms with Gasteiger partial charge in [0.15, 0.2) is 0 Å². The molecule has 4 rings (SSSR count). The first-order valence-electron chi connectivity index (χ1n) is 11.9. The summed E-state index contributed by atoms with van der Waals surface area (Å²) in [6, 6.07) is 14.0. The molecule has 0 aliphatic carbocycles. The highest BCUT2D eigenvalue weighted by atomic mass is 35.5. The Labute approximate surface area is 226 Å². The van der Waals surface area contributed by atoms with Crippen LogP contribution < -0.4 is 9.62 Å². The van der Waals surface area contributed by atoms with Gasteiger partial charge in [0.25, 0.3) is 10.0 Å². The molecule has 0 spiro atoms. The van der Waals surface area contributed by atoms with E-state index in [1.807, 2.05) is 0 Å². The Bertz CT molecular complexity index is 1540. The van der Waals surface area contributed by atoms with Crippen LogP contribution in [0.4, 0.5) is 5.69 Å². The van der Waals surface area contributed by atoms with Crippen molar-refractivity contribution in [3.05, 3.63) is 80.2 Å². The van der Waals surface area contributed by atoms with Gasteiger partial charge in [-0.2, -0.15) is 0 Å². The van der Waals surface area contributed by atoms with E-state index >= 15 is 0 Å². The first kappa shape index (κ1) is 27.2. The Morgan fingerprint density at radius 1 is 1.08 bits per heavy atom. The van der Waals surface area contributed by atoms with Crippen molar-refractivity contribution in [2.24, 2.45) is 0 Å². The van der Waals surface area contributed by atoms with Crippen LogP contribution in [0.3, 0.4) is 0 Å². The number of furan rings is 1. The van der Waals surface area contributed by atoms with Crippen molar-refractivity contribution in [2.45, 2.75) is 45.7 Å². The molecule has 0 saturated carbocycles. The first-order chi connectivity index (χ1) is 17.6. The Morgan fingerprint density at radius 2 is 1.86 bits per heavy atom. The number of nitrogens with one attached hydrogen (secondary N) is 1. The summed E-state index contributed by atoms with van der Waals surface area (Å²) in [4.78, 5) is 14.8. The number of hydrogen-bond donors (Lipinski definition) is 1. The molecule has 2 heterocycles. The molecule has 10 heteroatoms. The van der Waals surface area contributed by atoms with Gasteiger partial charge < -0.3 is 14.5 Å². The highest BCUT2D eigenvalue weighted by Gasteiger charge is 2.27. The largest absolute Gasteiger partial charge is 0.460 e. The molecule has 0 atom stereocenters. The third kappa shape index (κ3) is 5.70. The van der Waals surface area contributed by atoms with E-state index in [2.05, 4.69) is 24.4 Å². The van der Waals surface area contributed by atoms with Crippen LogP contribution in [0, 0.1) is 13.8 Å². The molecule has 0 aliphatic rings. The number of ether oxygens (including phenoxy) is 1. The fourth-order valence-corrected chi connectivity index (χ4v) is 6.78. The number of esters is 1. The highest BCUT2D eigenvalue weighted by Crippen LogP contribution is 2.33. The average Bonchev–Trinajstić information content (AvgIpc) is 3.43. The lowest BCUT2D eigenvalue weighted by Gasteiger charge is -2.26.